The number of nitrogens with two attached hydrogens (primary N) is 1. The highest BCUT2D eigenvalue weighted by Gasteiger charge is 2.18. The molecule has 0 aliphatic heterocycles. The molecular formula is C15H11ClN4O2S. The number of H-pyrrole nitrogens is 1. The summed E-state index contributed by atoms with van der Waals surface area (Å²) in [5.74, 6) is 0. The summed E-state index contributed by atoms with van der Waals surface area (Å²) in [6.45, 7) is 0. The Labute approximate surface area is 137 Å². The van der Waals surface area contributed by atoms with Gasteiger partial charge in [-0.05, 0) is 36.4 Å². The molecule has 1 heterocycles. The number of anilines is 2. The maximum Gasteiger partial charge on any atom is 0.261 e. The van der Waals surface area contributed by atoms with Crippen molar-refractivity contribution in [1.82, 2.24) is 4.98 Å². The molecule has 8 heteroatoms. The van der Waals surface area contributed by atoms with Crippen LogP contribution in [0.5, 0.6) is 0 Å². The van der Waals surface area contributed by atoms with Crippen LogP contribution in [0.2, 0.25) is 5.02 Å². The molecule has 0 aliphatic rings. The summed E-state index contributed by atoms with van der Waals surface area (Å²) in [5, 5.41) is 9.96. The number of nitrogens with zero attached hydrogens (tertiary/aromatic N) is 1. The maximum atomic E-state index is 12.5. The number of nitrogens with one attached hydrogen (secondary N) is 2. The minimum absolute atomic E-state index is 0.0851. The van der Waals surface area contributed by atoms with Crippen LogP contribution in [-0.2, 0) is 10.0 Å². The average Bonchev–Trinajstić information content (AvgIpc) is 2.91. The van der Waals surface area contributed by atoms with Crippen molar-refractivity contribution in [3.63, 3.8) is 0 Å². The Morgan fingerprint density at radius 1 is 1.17 bits per heavy atom. The van der Waals surface area contributed by atoms with Crippen LogP contribution in [0.1, 0.15) is 5.56 Å². The molecule has 23 heavy (non-hydrogen) atoms. The van der Waals surface area contributed by atoms with Gasteiger partial charge in [-0.25, -0.2) is 8.42 Å². The van der Waals surface area contributed by atoms with Crippen molar-refractivity contribution in [1.29, 1.82) is 5.26 Å². The fourth-order valence-electron chi connectivity index (χ4n) is 2.24. The van der Waals surface area contributed by atoms with Gasteiger partial charge in [0.15, 0.2) is 0 Å². The molecule has 0 amide bonds. The van der Waals surface area contributed by atoms with Crippen molar-refractivity contribution >= 4 is 43.9 Å². The summed E-state index contributed by atoms with van der Waals surface area (Å²) in [4.78, 5) is 2.97. The molecule has 0 radical (unpaired) electrons. The highest BCUT2D eigenvalue weighted by atomic mass is 35.5. The summed E-state index contributed by atoms with van der Waals surface area (Å²) < 4.78 is 27.4. The zero-order valence-electron chi connectivity index (χ0n) is 11.7. The highest BCUT2D eigenvalue weighted by Crippen LogP contribution is 2.32. The lowest BCUT2D eigenvalue weighted by atomic mass is 10.1. The van der Waals surface area contributed by atoms with Crippen LogP contribution in [0, 0.1) is 11.3 Å². The van der Waals surface area contributed by atoms with Crippen LogP contribution in [0.4, 0.5) is 11.4 Å². The number of halogens is 1. The molecule has 0 bridgehead atoms. The Hall–Kier alpha value is -2.69. The zero-order chi connectivity index (χ0) is 16.6. The average molecular weight is 347 g/mol. The third-order valence-corrected chi connectivity index (χ3v) is 5.02. The largest absolute Gasteiger partial charge is 0.399 e. The number of rotatable bonds is 3. The molecule has 3 aromatic rings. The summed E-state index contributed by atoms with van der Waals surface area (Å²) in [6.07, 6.45) is 1.51. The van der Waals surface area contributed by atoms with Crippen LogP contribution in [0.3, 0.4) is 0 Å². The molecule has 3 rings (SSSR count). The lowest BCUT2D eigenvalue weighted by molar-refractivity contribution is 0.601. The predicted molar refractivity (Wildman–Crippen MR) is 89.7 cm³/mol. The van der Waals surface area contributed by atoms with Crippen molar-refractivity contribution in [2.24, 2.45) is 0 Å². The van der Waals surface area contributed by atoms with E-state index < -0.39 is 10.0 Å². The van der Waals surface area contributed by atoms with Crippen molar-refractivity contribution in [2.75, 3.05) is 10.5 Å². The van der Waals surface area contributed by atoms with E-state index in [1.807, 2.05) is 6.07 Å². The van der Waals surface area contributed by atoms with E-state index in [-0.39, 0.29) is 4.90 Å². The van der Waals surface area contributed by atoms with Crippen molar-refractivity contribution in [2.45, 2.75) is 4.90 Å². The molecule has 2 aromatic carbocycles. The first-order valence-electron chi connectivity index (χ1n) is 6.50. The molecule has 0 atom stereocenters. The molecule has 0 aliphatic carbocycles. The van der Waals surface area contributed by atoms with E-state index in [4.69, 9.17) is 22.6 Å². The first kappa shape index (κ1) is 15.2. The topological polar surface area (TPSA) is 112 Å². The second kappa shape index (κ2) is 5.50. The van der Waals surface area contributed by atoms with Gasteiger partial charge in [0.05, 0.1) is 32.8 Å². The molecule has 0 saturated carbocycles. The molecular weight excluding hydrogens is 336 g/mol. The Kier molecular flexibility index (Phi) is 3.64. The van der Waals surface area contributed by atoms with E-state index in [0.29, 0.717) is 32.9 Å². The predicted octanol–water partition coefficient (Wildman–Crippen LogP) is 3.08. The minimum atomic E-state index is -3.78. The second-order valence-corrected chi connectivity index (χ2v) is 6.92. The smallest absolute Gasteiger partial charge is 0.261 e. The fraction of sp³-hybridized carbons (Fsp3) is 0. The maximum absolute atomic E-state index is 12.5. The van der Waals surface area contributed by atoms with Gasteiger partial charge >= 0.3 is 0 Å². The first-order valence-corrected chi connectivity index (χ1v) is 8.36. The Bertz CT molecular complexity index is 1030. The molecule has 116 valence electrons. The van der Waals surface area contributed by atoms with Crippen LogP contribution < -0.4 is 10.5 Å². The normalized spacial score (nSPS) is 11.3. The number of nitriles is 1. The Morgan fingerprint density at radius 3 is 2.52 bits per heavy atom. The number of aromatic nitrogens is 1. The van der Waals surface area contributed by atoms with Gasteiger partial charge < -0.3 is 10.7 Å². The number of fused-ring (bicyclic) bond motifs is 1. The summed E-state index contributed by atoms with van der Waals surface area (Å²) in [7, 11) is -3.78. The zero-order valence-corrected chi connectivity index (χ0v) is 13.2. The number of hydrogen-bond donors (Lipinski definition) is 3. The summed E-state index contributed by atoms with van der Waals surface area (Å²) >= 11 is 6.06. The van der Waals surface area contributed by atoms with Gasteiger partial charge in [-0.15, -0.1) is 0 Å². The van der Waals surface area contributed by atoms with Crippen molar-refractivity contribution < 1.29 is 8.42 Å². The SMILES string of the molecule is N#Cc1ccc(NS(=O)(=O)c2ccc(N)cc2)c2[nH]cc(Cl)c12. The van der Waals surface area contributed by atoms with Crippen LogP contribution in [0.15, 0.2) is 47.5 Å². The Morgan fingerprint density at radius 2 is 1.87 bits per heavy atom. The number of sulfonamides is 1. The van der Waals surface area contributed by atoms with Gasteiger partial charge in [-0.3, -0.25) is 4.72 Å². The second-order valence-electron chi connectivity index (χ2n) is 4.83. The van der Waals surface area contributed by atoms with E-state index in [1.165, 1.54) is 42.6 Å². The van der Waals surface area contributed by atoms with Crippen LogP contribution in [0.25, 0.3) is 10.9 Å². The standard InChI is InChI=1S/C15H11ClN4O2S/c16-12-8-19-15-13(6-1-9(7-17)14(12)15)20-23(21,22)11-4-2-10(18)3-5-11/h1-6,8,19-20H,18H2. The highest BCUT2D eigenvalue weighted by molar-refractivity contribution is 7.92. The lowest BCUT2D eigenvalue weighted by Crippen LogP contribution is -2.13. The van der Waals surface area contributed by atoms with Gasteiger partial charge in [0.1, 0.15) is 0 Å². The van der Waals surface area contributed by atoms with Crippen molar-refractivity contribution in [3.05, 3.63) is 53.2 Å². The fourth-order valence-corrected chi connectivity index (χ4v) is 3.56. The van der Waals surface area contributed by atoms with Gasteiger partial charge in [-0.1, -0.05) is 11.6 Å². The summed E-state index contributed by atoms with van der Waals surface area (Å²) in [6, 6.07) is 10.9. The van der Waals surface area contributed by atoms with Gasteiger partial charge in [-0.2, -0.15) is 5.26 Å². The van der Waals surface area contributed by atoms with Gasteiger partial charge in [0, 0.05) is 17.3 Å². The number of nitrogen functional groups attached to an aromatic ring is 1. The molecule has 0 unspecified atom stereocenters. The molecule has 0 saturated heterocycles. The molecule has 1 aromatic heterocycles. The minimum Gasteiger partial charge on any atom is -0.399 e. The van der Waals surface area contributed by atoms with Crippen LogP contribution in [-0.4, -0.2) is 13.4 Å². The summed E-state index contributed by atoms with van der Waals surface area (Å²) in [5.41, 5.74) is 7.16. The lowest BCUT2D eigenvalue weighted by Gasteiger charge is -2.10. The first-order chi connectivity index (χ1) is 10.9. The van der Waals surface area contributed by atoms with Gasteiger partial charge in [0.25, 0.3) is 10.0 Å². The van der Waals surface area contributed by atoms with Crippen molar-refractivity contribution in [3.8, 4) is 6.07 Å². The third kappa shape index (κ3) is 2.70. The van der Waals surface area contributed by atoms with E-state index in [1.54, 1.807) is 0 Å². The third-order valence-electron chi connectivity index (χ3n) is 3.34. The van der Waals surface area contributed by atoms with E-state index >= 15 is 0 Å². The number of hydrogen-bond acceptors (Lipinski definition) is 4. The van der Waals surface area contributed by atoms with E-state index in [2.05, 4.69) is 9.71 Å². The number of benzene rings is 2. The Balaban J connectivity index is 2.09. The molecule has 4 N–H and O–H groups in total. The molecule has 6 nitrogen and oxygen atoms in total. The number of aromatic amines is 1. The van der Waals surface area contributed by atoms with Crippen LogP contribution >= 0.6 is 11.6 Å². The quantitative estimate of drug-likeness (QED) is 0.632. The van der Waals surface area contributed by atoms with Gasteiger partial charge in [0.2, 0.25) is 0 Å². The van der Waals surface area contributed by atoms with E-state index in [0.717, 1.165) is 0 Å². The molecule has 0 fully saturated rings. The van der Waals surface area contributed by atoms with E-state index in [9.17, 15) is 8.42 Å². The monoisotopic (exact) mass is 346 g/mol. The molecule has 0 spiro atoms.